The molecular formula is C27H40N8O4. The zero-order valence-corrected chi connectivity index (χ0v) is 23.3. The van der Waals surface area contributed by atoms with Crippen molar-refractivity contribution in [2.24, 2.45) is 5.92 Å². The molecule has 6 N–H and O–H groups in total. The zero-order valence-electron chi connectivity index (χ0n) is 23.3. The summed E-state index contributed by atoms with van der Waals surface area (Å²) in [6.45, 7) is 12.5. The van der Waals surface area contributed by atoms with Crippen LogP contribution in [0.15, 0.2) is 36.9 Å². The first-order valence-corrected chi connectivity index (χ1v) is 13.2. The summed E-state index contributed by atoms with van der Waals surface area (Å²) < 4.78 is 7.26. The van der Waals surface area contributed by atoms with Crippen molar-refractivity contribution in [1.82, 2.24) is 29.7 Å². The minimum atomic E-state index is -1.76. The number of urea groups is 1. The first-order chi connectivity index (χ1) is 18.4. The van der Waals surface area contributed by atoms with E-state index >= 15 is 0 Å². The molecule has 0 spiro atoms. The summed E-state index contributed by atoms with van der Waals surface area (Å²) in [5.74, 6) is 0.531. The van der Waals surface area contributed by atoms with Crippen LogP contribution in [-0.2, 0) is 15.9 Å². The van der Waals surface area contributed by atoms with Crippen LogP contribution in [0.5, 0.6) is 0 Å². The van der Waals surface area contributed by atoms with Crippen molar-refractivity contribution < 1.29 is 19.7 Å². The number of anilines is 2. The van der Waals surface area contributed by atoms with Crippen LogP contribution in [-0.4, -0.2) is 85.7 Å². The zero-order chi connectivity index (χ0) is 28.4. The minimum Gasteiger partial charge on any atom is -0.385 e. The quantitative estimate of drug-likeness (QED) is 0.273. The van der Waals surface area contributed by atoms with Gasteiger partial charge in [-0.15, -0.1) is 0 Å². The van der Waals surface area contributed by atoms with Crippen LogP contribution in [0.1, 0.15) is 40.2 Å². The lowest BCUT2D eigenvalue weighted by Gasteiger charge is -2.31. The first kappa shape index (κ1) is 28.7. The molecule has 212 valence electrons. The molecule has 1 aliphatic heterocycles. The monoisotopic (exact) mass is 540 g/mol. The van der Waals surface area contributed by atoms with Crippen LogP contribution in [0.25, 0.3) is 11.2 Å². The number of imidazole rings is 1. The number of hydrogen-bond acceptors (Lipinski definition) is 9. The fraction of sp³-hybridized carbons (Fsp3) is 0.556. The van der Waals surface area contributed by atoms with Crippen LogP contribution >= 0.6 is 0 Å². The van der Waals surface area contributed by atoms with Gasteiger partial charge in [0.2, 0.25) is 0 Å². The van der Waals surface area contributed by atoms with Gasteiger partial charge in [0.25, 0.3) is 0 Å². The standard InChI is InChI=1S/C27H40N8O4/c1-17(2)12-34(11-10-29-25(37)33-19-8-6-18(7-9-19)26(3,4)5)13-20-22(36)27(38,14-39-20)35-16-32-21-23(28)30-15-31-24(21)35/h6-9,15-17,20,22,36,38H,10-14H2,1-5H3,(H2,28,30,31)(H2,29,33,37). The number of aromatic nitrogens is 4. The Morgan fingerprint density at radius 1 is 1.26 bits per heavy atom. The van der Waals surface area contributed by atoms with Gasteiger partial charge in [-0.2, -0.15) is 0 Å². The molecule has 1 saturated heterocycles. The lowest BCUT2D eigenvalue weighted by atomic mass is 9.87. The molecule has 3 unspecified atom stereocenters. The van der Waals surface area contributed by atoms with E-state index < -0.39 is 17.9 Å². The maximum absolute atomic E-state index is 12.5. The van der Waals surface area contributed by atoms with E-state index in [1.165, 1.54) is 22.8 Å². The van der Waals surface area contributed by atoms with Crippen molar-refractivity contribution in [2.45, 2.75) is 58.0 Å². The second kappa shape index (κ2) is 11.4. The number of nitrogens with zero attached hydrogens (tertiary/aromatic N) is 5. The maximum Gasteiger partial charge on any atom is 0.319 e. The molecule has 1 aliphatic rings. The minimum absolute atomic E-state index is 0.0435. The van der Waals surface area contributed by atoms with Gasteiger partial charge in [-0.25, -0.2) is 19.7 Å². The number of ether oxygens (including phenoxy) is 1. The molecule has 3 aromatic rings. The van der Waals surface area contributed by atoms with Crippen molar-refractivity contribution in [3.63, 3.8) is 0 Å². The Morgan fingerprint density at radius 2 is 1.97 bits per heavy atom. The Hall–Kier alpha value is -3.32. The summed E-state index contributed by atoms with van der Waals surface area (Å²) in [4.78, 5) is 26.9. The van der Waals surface area contributed by atoms with Crippen LogP contribution in [0, 0.1) is 5.92 Å². The summed E-state index contributed by atoms with van der Waals surface area (Å²) in [6.07, 6.45) is 0.761. The molecule has 12 heteroatoms. The molecule has 12 nitrogen and oxygen atoms in total. The number of carbonyl (C=O) groups is 1. The fourth-order valence-electron chi connectivity index (χ4n) is 4.79. The lowest BCUT2D eigenvalue weighted by Crippen LogP contribution is -2.49. The van der Waals surface area contributed by atoms with Gasteiger partial charge in [0.1, 0.15) is 24.1 Å². The summed E-state index contributed by atoms with van der Waals surface area (Å²) in [6, 6.07) is 7.54. The summed E-state index contributed by atoms with van der Waals surface area (Å²) >= 11 is 0. The second-order valence-electron chi connectivity index (χ2n) is 11.6. The van der Waals surface area contributed by atoms with Gasteiger partial charge in [-0.1, -0.05) is 46.8 Å². The van der Waals surface area contributed by atoms with Gasteiger partial charge >= 0.3 is 6.03 Å². The fourth-order valence-corrected chi connectivity index (χ4v) is 4.79. The number of nitrogens with two attached hydrogens (primary N) is 1. The van der Waals surface area contributed by atoms with E-state index in [4.69, 9.17) is 10.5 Å². The number of rotatable bonds is 9. The largest absolute Gasteiger partial charge is 0.385 e. The maximum atomic E-state index is 12.5. The third kappa shape index (κ3) is 6.47. The summed E-state index contributed by atoms with van der Waals surface area (Å²) in [5.41, 5.74) is 6.74. The number of benzene rings is 1. The molecule has 0 bridgehead atoms. The third-order valence-corrected chi connectivity index (χ3v) is 6.90. The molecule has 1 aromatic carbocycles. The van der Waals surface area contributed by atoms with Crippen molar-refractivity contribution in [1.29, 1.82) is 0 Å². The van der Waals surface area contributed by atoms with Crippen molar-refractivity contribution in [3.05, 3.63) is 42.5 Å². The summed E-state index contributed by atoms with van der Waals surface area (Å²) in [5, 5.41) is 28.3. The molecule has 3 atom stereocenters. The highest BCUT2D eigenvalue weighted by atomic mass is 16.5. The van der Waals surface area contributed by atoms with E-state index in [2.05, 4.69) is 65.1 Å². The van der Waals surface area contributed by atoms with E-state index in [0.717, 1.165) is 12.2 Å². The third-order valence-electron chi connectivity index (χ3n) is 6.90. The number of nitrogens with one attached hydrogen (secondary N) is 2. The predicted molar refractivity (Wildman–Crippen MR) is 149 cm³/mol. The molecule has 2 aromatic heterocycles. The lowest BCUT2D eigenvalue weighted by molar-refractivity contribution is -0.109. The average molecular weight is 541 g/mol. The molecule has 0 saturated carbocycles. The number of carbonyl (C=O) groups excluding carboxylic acids is 1. The highest BCUT2D eigenvalue weighted by molar-refractivity contribution is 5.89. The Kier molecular flexibility index (Phi) is 8.40. The molecular weight excluding hydrogens is 500 g/mol. The van der Waals surface area contributed by atoms with Gasteiger partial charge in [0.15, 0.2) is 17.2 Å². The molecule has 39 heavy (non-hydrogen) atoms. The Labute approximate surface area is 228 Å². The van der Waals surface area contributed by atoms with Gasteiger partial charge in [-0.3, -0.25) is 9.47 Å². The van der Waals surface area contributed by atoms with Crippen LogP contribution in [0.2, 0.25) is 0 Å². The molecule has 3 heterocycles. The average Bonchev–Trinajstić information content (AvgIpc) is 3.42. The number of nitrogen functional groups attached to an aromatic ring is 1. The van der Waals surface area contributed by atoms with Gasteiger partial charge < -0.3 is 31.3 Å². The number of hydrogen-bond donors (Lipinski definition) is 5. The molecule has 2 amide bonds. The normalized spacial score (nSPS) is 21.7. The van der Waals surface area contributed by atoms with Crippen molar-refractivity contribution in [2.75, 3.05) is 43.8 Å². The van der Waals surface area contributed by atoms with Gasteiger partial charge in [-0.05, 0) is 29.0 Å². The van der Waals surface area contributed by atoms with E-state index in [9.17, 15) is 15.0 Å². The van der Waals surface area contributed by atoms with Crippen molar-refractivity contribution in [3.8, 4) is 0 Å². The Morgan fingerprint density at radius 3 is 2.64 bits per heavy atom. The molecule has 0 radical (unpaired) electrons. The van der Waals surface area contributed by atoms with Crippen molar-refractivity contribution >= 4 is 28.7 Å². The topological polar surface area (TPSA) is 164 Å². The van der Waals surface area contributed by atoms with E-state index in [0.29, 0.717) is 36.7 Å². The smallest absolute Gasteiger partial charge is 0.319 e. The number of aliphatic hydroxyl groups is 2. The summed E-state index contributed by atoms with van der Waals surface area (Å²) in [7, 11) is 0. The highest BCUT2D eigenvalue weighted by Gasteiger charge is 2.50. The van der Waals surface area contributed by atoms with Gasteiger partial charge in [0.05, 0.1) is 12.9 Å². The Bertz CT molecular complexity index is 1270. The highest BCUT2D eigenvalue weighted by Crippen LogP contribution is 2.33. The SMILES string of the molecule is CC(C)CN(CCNC(=O)Nc1ccc(C(C)(C)C)cc1)CC1OCC(O)(n2cnc3c(N)ncnc32)C1O. The van der Waals surface area contributed by atoms with E-state index in [-0.39, 0.29) is 23.9 Å². The molecule has 1 fully saturated rings. The molecule has 4 rings (SSSR count). The predicted octanol–water partition coefficient (Wildman–Crippen LogP) is 1.89. The number of fused-ring (bicyclic) bond motifs is 1. The number of aliphatic hydroxyl groups excluding tert-OH is 1. The molecule has 0 aliphatic carbocycles. The van der Waals surface area contributed by atoms with Gasteiger partial charge in [0, 0.05) is 31.9 Å². The van der Waals surface area contributed by atoms with Crippen LogP contribution < -0.4 is 16.4 Å². The number of amides is 2. The second-order valence-corrected chi connectivity index (χ2v) is 11.6. The van der Waals surface area contributed by atoms with Crippen LogP contribution in [0.4, 0.5) is 16.3 Å². The van der Waals surface area contributed by atoms with Crippen LogP contribution in [0.3, 0.4) is 0 Å². The van der Waals surface area contributed by atoms with E-state index in [1.807, 2.05) is 24.3 Å². The first-order valence-electron chi connectivity index (χ1n) is 13.2. The Balaban J connectivity index is 1.34. The van der Waals surface area contributed by atoms with E-state index in [1.54, 1.807) is 0 Å².